The molecule has 0 bridgehead atoms. The maximum atomic E-state index is 5.69. The van der Waals surface area contributed by atoms with Gasteiger partial charge in [0, 0.05) is 13.1 Å². The monoisotopic (exact) mass is 285 g/mol. The van der Waals surface area contributed by atoms with E-state index in [9.17, 15) is 0 Å². The second-order valence-electron chi connectivity index (χ2n) is 4.24. The SMILES string of the molecule is CC1CN(c2ncc(N)cc2Br)CC(C)O1. The van der Waals surface area contributed by atoms with Crippen LogP contribution in [0.4, 0.5) is 11.5 Å². The minimum atomic E-state index is 0.231. The molecule has 88 valence electrons. The van der Waals surface area contributed by atoms with Crippen LogP contribution in [0.15, 0.2) is 16.7 Å². The van der Waals surface area contributed by atoms with E-state index in [1.807, 2.05) is 6.07 Å². The van der Waals surface area contributed by atoms with Crippen molar-refractivity contribution in [3.63, 3.8) is 0 Å². The van der Waals surface area contributed by atoms with Crippen molar-refractivity contribution < 1.29 is 4.74 Å². The summed E-state index contributed by atoms with van der Waals surface area (Å²) in [5.41, 5.74) is 6.35. The number of hydrogen-bond acceptors (Lipinski definition) is 4. The van der Waals surface area contributed by atoms with Crippen LogP contribution in [-0.2, 0) is 4.74 Å². The number of pyridine rings is 1. The lowest BCUT2D eigenvalue weighted by atomic mass is 10.2. The Hall–Kier alpha value is -0.810. The maximum absolute atomic E-state index is 5.69. The smallest absolute Gasteiger partial charge is 0.143 e. The number of anilines is 2. The van der Waals surface area contributed by atoms with Gasteiger partial charge in [-0.3, -0.25) is 0 Å². The fourth-order valence-corrected chi connectivity index (χ4v) is 2.65. The first-order valence-electron chi connectivity index (χ1n) is 5.37. The third kappa shape index (κ3) is 2.47. The highest BCUT2D eigenvalue weighted by Crippen LogP contribution is 2.27. The zero-order valence-corrected chi connectivity index (χ0v) is 11.1. The average Bonchev–Trinajstić information content (AvgIpc) is 2.15. The molecular formula is C11H16BrN3O. The van der Waals surface area contributed by atoms with Gasteiger partial charge in [-0.05, 0) is 35.8 Å². The van der Waals surface area contributed by atoms with Gasteiger partial charge in [0.25, 0.3) is 0 Å². The van der Waals surface area contributed by atoms with Crippen molar-refractivity contribution in [3.8, 4) is 0 Å². The van der Waals surface area contributed by atoms with Crippen LogP contribution in [0.3, 0.4) is 0 Å². The first-order chi connectivity index (χ1) is 7.56. The zero-order valence-electron chi connectivity index (χ0n) is 9.48. The van der Waals surface area contributed by atoms with E-state index in [0.717, 1.165) is 23.4 Å². The van der Waals surface area contributed by atoms with Crippen molar-refractivity contribution in [1.82, 2.24) is 4.98 Å². The van der Waals surface area contributed by atoms with E-state index in [-0.39, 0.29) is 12.2 Å². The number of nitrogens with two attached hydrogens (primary N) is 1. The molecule has 0 amide bonds. The van der Waals surface area contributed by atoms with Crippen LogP contribution in [0.25, 0.3) is 0 Å². The van der Waals surface area contributed by atoms with Crippen molar-refractivity contribution in [1.29, 1.82) is 0 Å². The summed E-state index contributed by atoms with van der Waals surface area (Å²) in [6.45, 7) is 5.88. The molecule has 1 aromatic heterocycles. The predicted octanol–water partition coefficient (Wildman–Crippen LogP) is 2.04. The third-order valence-corrected chi connectivity index (χ3v) is 3.15. The van der Waals surface area contributed by atoms with Gasteiger partial charge >= 0.3 is 0 Å². The Kier molecular flexibility index (Phi) is 3.35. The number of ether oxygens (including phenoxy) is 1. The van der Waals surface area contributed by atoms with Crippen molar-refractivity contribution in [3.05, 3.63) is 16.7 Å². The number of nitrogens with zero attached hydrogens (tertiary/aromatic N) is 2. The Labute approximate surface area is 104 Å². The van der Waals surface area contributed by atoms with Crippen LogP contribution in [0, 0.1) is 0 Å². The molecule has 5 heteroatoms. The van der Waals surface area contributed by atoms with E-state index in [2.05, 4.69) is 39.7 Å². The zero-order chi connectivity index (χ0) is 11.7. The van der Waals surface area contributed by atoms with E-state index >= 15 is 0 Å². The molecule has 1 fully saturated rings. The molecule has 1 saturated heterocycles. The topological polar surface area (TPSA) is 51.4 Å². The summed E-state index contributed by atoms with van der Waals surface area (Å²) in [6, 6.07) is 1.88. The summed E-state index contributed by atoms with van der Waals surface area (Å²) in [5, 5.41) is 0. The Morgan fingerprint density at radius 1 is 1.44 bits per heavy atom. The third-order valence-electron chi connectivity index (χ3n) is 2.56. The molecule has 4 nitrogen and oxygen atoms in total. The number of hydrogen-bond donors (Lipinski definition) is 1. The lowest BCUT2D eigenvalue weighted by molar-refractivity contribution is -0.00549. The summed E-state index contributed by atoms with van der Waals surface area (Å²) >= 11 is 3.50. The highest BCUT2D eigenvalue weighted by atomic mass is 79.9. The van der Waals surface area contributed by atoms with E-state index in [4.69, 9.17) is 10.5 Å². The molecule has 2 heterocycles. The molecule has 0 spiro atoms. The summed E-state index contributed by atoms with van der Waals surface area (Å²) < 4.78 is 6.63. The summed E-state index contributed by atoms with van der Waals surface area (Å²) in [7, 11) is 0. The maximum Gasteiger partial charge on any atom is 0.143 e. The molecule has 16 heavy (non-hydrogen) atoms. The Morgan fingerprint density at radius 2 is 2.06 bits per heavy atom. The lowest BCUT2D eigenvalue weighted by Crippen LogP contribution is -2.46. The van der Waals surface area contributed by atoms with Gasteiger partial charge in [0.05, 0.1) is 28.6 Å². The molecule has 0 radical (unpaired) electrons. The van der Waals surface area contributed by atoms with Gasteiger partial charge in [0.2, 0.25) is 0 Å². The van der Waals surface area contributed by atoms with Gasteiger partial charge in [-0.15, -0.1) is 0 Å². The van der Waals surface area contributed by atoms with Crippen LogP contribution in [0.1, 0.15) is 13.8 Å². The van der Waals surface area contributed by atoms with Crippen LogP contribution >= 0.6 is 15.9 Å². The first kappa shape index (κ1) is 11.7. The van der Waals surface area contributed by atoms with Gasteiger partial charge < -0.3 is 15.4 Å². The minimum Gasteiger partial charge on any atom is -0.397 e. The van der Waals surface area contributed by atoms with E-state index in [1.54, 1.807) is 6.20 Å². The predicted molar refractivity (Wildman–Crippen MR) is 68.6 cm³/mol. The first-order valence-corrected chi connectivity index (χ1v) is 6.17. The van der Waals surface area contributed by atoms with E-state index in [1.165, 1.54) is 0 Å². The largest absolute Gasteiger partial charge is 0.397 e. The van der Waals surface area contributed by atoms with Crippen molar-refractivity contribution in [2.75, 3.05) is 23.7 Å². The molecule has 0 saturated carbocycles. The average molecular weight is 286 g/mol. The number of rotatable bonds is 1. The van der Waals surface area contributed by atoms with Crippen LogP contribution < -0.4 is 10.6 Å². The van der Waals surface area contributed by atoms with Gasteiger partial charge in [-0.1, -0.05) is 0 Å². The standard InChI is InChI=1S/C11H16BrN3O/c1-7-5-15(6-8(2)16-7)11-10(12)3-9(13)4-14-11/h3-4,7-8H,5-6,13H2,1-2H3. The number of halogens is 1. The number of aromatic nitrogens is 1. The second-order valence-corrected chi connectivity index (χ2v) is 5.09. The van der Waals surface area contributed by atoms with Crippen LogP contribution in [0.5, 0.6) is 0 Å². The molecular weight excluding hydrogens is 270 g/mol. The molecule has 2 rings (SSSR count). The fraction of sp³-hybridized carbons (Fsp3) is 0.545. The molecule has 0 aliphatic carbocycles. The number of morpholine rings is 1. The van der Waals surface area contributed by atoms with Gasteiger partial charge in [0.15, 0.2) is 0 Å². The molecule has 2 N–H and O–H groups in total. The Morgan fingerprint density at radius 3 is 2.62 bits per heavy atom. The highest BCUT2D eigenvalue weighted by Gasteiger charge is 2.24. The number of nitrogen functional groups attached to an aromatic ring is 1. The van der Waals surface area contributed by atoms with Crippen LogP contribution in [0.2, 0.25) is 0 Å². The second kappa shape index (κ2) is 4.59. The van der Waals surface area contributed by atoms with Crippen molar-refractivity contribution in [2.24, 2.45) is 0 Å². The summed E-state index contributed by atoms with van der Waals surface area (Å²) in [6.07, 6.45) is 2.15. The quantitative estimate of drug-likeness (QED) is 0.858. The lowest BCUT2D eigenvalue weighted by Gasteiger charge is -2.36. The van der Waals surface area contributed by atoms with E-state index in [0.29, 0.717) is 5.69 Å². The minimum absolute atomic E-state index is 0.231. The van der Waals surface area contributed by atoms with Crippen LogP contribution in [-0.4, -0.2) is 30.3 Å². The molecule has 2 atom stereocenters. The normalized spacial score (nSPS) is 25.8. The summed E-state index contributed by atoms with van der Waals surface area (Å²) in [5.74, 6) is 0.941. The summed E-state index contributed by atoms with van der Waals surface area (Å²) in [4.78, 5) is 6.59. The molecule has 0 aromatic carbocycles. The van der Waals surface area contributed by atoms with Gasteiger partial charge in [-0.2, -0.15) is 0 Å². The molecule has 1 aliphatic heterocycles. The highest BCUT2D eigenvalue weighted by molar-refractivity contribution is 9.10. The Bertz CT molecular complexity index is 375. The van der Waals surface area contributed by atoms with Crippen molar-refractivity contribution >= 4 is 27.4 Å². The van der Waals surface area contributed by atoms with Gasteiger partial charge in [-0.25, -0.2) is 4.98 Å². The fourth-order valence-electron chi connectivity index (χ4n) is 2.03. The Balaban J connectivity index is 2.23. The van der Waals surface area contributed by atoms with Crippen molar-refractivity contribution in [2.45, 2.75) is 26.1 Å². The molecule has 1 aromatic rings. The van der Waals surface area contributed by atoms with Gasteiger partial charge in [0.1, 0.15) is 5.82 Å². The van der Waals surface area contributed by atoms with E-state index < -0.39 is 0 Å². The molecule has 1 aliphatic rings. The molecule has 2 unspecified atom stereocenters.